The number of fused-ring (bicyclic) bond motifs is 1. The van der Waals surface area contributed by atoms with Crippen LogP contribution in [0.4, 0.5) is 11.6 Å². The molecule has 2 heterocycles. The third kappa shape index (κ3) is 4.34. The molecule has 0 aliphatic heterocycles. The fraction of sp³-hybridized carbons (Fsp3) is 0.450. The normalized spacial score (nSPS) is 14.0. The smallest absolute Gasteiger partial charge is 0.266 e. The lowest BCUT2D eigenvalue weighted by Crippen LogP contribution is -2.41. The second kappa shape index (κ2) is 8.36. The van der Waals surface area contributed by atoms with Crippen molar-refractivity contribution in [1.82, 2.24) is 19.7 Å². The number of hydrogen-bond acceptors (Lipinski definition) is 6. The van der Waals surface area contributed by atoms with Gasteiger partial charge in [-0.15, -0.1) is 0 Å². The molecule has 8 nitrogen and oxygen atoms in total. The van der Waals surface area contributed by atoms with Crippen LogP contribution in [0, 0.1) is 0 Å². The molecule has 3 rings (SSSR count). The molecular formula is C20H28N6O2S. The Morgan fingerprint density at radius 1 is 1.07 bits per heavy atom. The van der Waals surface area contributed by atoms with Gasteiger partial charge in [-0.1, -0.05) is 26.0 Å². The van der Waals surface area contributed by atoms with Gasteiger partial charge in [0.2, 0.25) is 0 Å². The van der Waals surface area contributed by atoms with Crippen molar-refractivity contribution in [2.24, 2.45) is 7.05 Å². The number of anilines is 2. The molecule has 2 atom stereocenters. The van der Waals surface area contributed by atoms with E-state index in [0.717, 1.165) is 18.4 Å². The first-order valence-electron chi connectivity index (χ1n) is 9.83. The second-order valence-corrected chi connectivity index (χ2v) is 8.94. The van der Waals surface area contributed by atoms with Gasteiger partial charge in [0.05, 0.1) is 17.2 Å². The van der Waals surface area contributed by atoms with Crippen molar-refractivity contribution in [1.29, 1.82) is 0 Å². The van der Waals surface area contributed by atoms with E-state index in [2.05, 4.69) is 47.4 Å². The number of benzene rings is 1. The summed E-state index contributed by atoms with van der Waals surface area (Å²) in [5.74, 6) is 0.771. The fourth-order valence-electron chi connectivity index (χ4n) is 3.21. The van der Waals surface area contributed by atoms with Crippen LogP contribution in [-0.2, 0) is 17.1 Å². The Kier molecular flexibility index (Phi) is 6.07. The molecule has 0 fully saturated rings. The monoisotopic (exact) mass is 416 g/mol. The Balaban J connectivity index is 2.17. The van der Waals surface area contributed by atoms with Crippen molar-refractivity contribution >= 4 is 32.7 Å². The van der Waals surface area contributed by atoms with Gasteiger partial charge in [-0.2, -0.15) is 5.10 Å². The zero-order valence-electron chi connectivity index (χ0n) is 17.5. The van der Waals surface area contributed by atoms with Gasteiger partial charge in [-0.05, 0) is 38.8 Å². The SMILES string of the molecule is CCC(C)N(c1nc2ccccc2nc1NS(=O)(=O)c1cnn(C)c1)C(C)CC. The number of aromatic nitrogens is 4. The highest BCUT2D eigenvalue weighted by molar-refractivity contribution is 7.92. The average Bonchev–Trinajstić information content (AvgIpc) is 3.15. The molecule has 0 saturated carbocycles. The quantitative estimate of drug-likeness (QED) is 0.603. The van der Waals surface area contributed by atoms with E-state index < -0.39 is 10.0 Å². The number of aryl methyl sites for hydroxylation is 1. The molecule has 2 aromatic heterocycles. The highest BCUT2D eigenvalue weighted by Crippen LogP contribution is 2.31. The minimum absolute atomic E-state index is 0.0829. The molecule has 0 saturated heterocycles. The minimum atomic E-state index is -3.84. The second-order valence-electron chi connectivity index (χ2n) is 7.26. The zero-order chi connectivity index (χ0) is 21.2. The van der Waals surface area contributed by atoms with E-state index in [4.69, 9.17) is 4.98 Å². The maximum Gasteiger partial charge on any atom is 0.266 e. The van der Waals surface area contributed by atoms with Crippen LogP contribution in [0.25, 0.3) is 11.0 Å². The number of hydrogen-bond donors (Lipinski definition) is 1. The first-order valence-corrected chi connectivity index (χ1v) is 11.3. The molecule has 1 aromatic carbocycles. The van der Waals surface area contributed by atoms with Crippen molar-refractivity contribution < 1.29 is 8.42 Å². The van der Waals surface area contributed by atoms with Gasteiger partial charge in [0.25, 0.3) is 10.0 Å². The number of rotatable bonds is 8. The van der Waals surface area contributed by atoms with Crippen molar-refractivity contribution in [2.75, 3.05) is 9.62 Å². The molecule has 29 heavy (non-hydrogen) atoms. The summed E-state index contributed by atoms with van der Waals surface area (Å²) in [5.41, 5.74) is 1.36. The molecule has 0 spiro atoms. The number of sulfonamides is 1. The van der Waals surface area contributed by atoms with E-state index in [9.17, 15) is 8.42 Å². The van der Waals surface area contributed by atoms with Crippen LogP contribution in [-0.4, -0.2) is 40.2 Å². The van der Waals surface area contributed by atoms with E-state index in [1.807, 2.05) is 24.3 Å². The summed E-state index contributed by atoms with van der Waals surface area (Å²) in [6.07, 6.45) is 4.57. The van der Waals surface area contributed by atoms with Gasteiger partial charge in [-0.3, -0.25) is 9.40 Å². The van der Waals surface area contributed by atoms with E-state index in [1.54, 1.807) is 7.05 Å². The summed E-state index contributed by atoms with van der Waals surface area (Å²) in [6.45, 7) is 8.44. The van der Waals surface area contributed by atoms with E-state index in [-0.39, 0.29) is 22.8 Å². The van der Waals surface area contributed by atoms with Gasteiger partial charge in [0.1, 0.15) is 4.90 Å². The van der Waals surface area contributed by atoms with Gasteiger partial charge in [0, 0.05) is 25.3 Å². The number of nitrogens with zero attached hydrogens (tertiary/aromatic N) is 5. The largest absolute Gasteiger partial charge is 0.348 e. The van der Waals surface area contributed by atoms with Gasteiger partial charge in [-0.25, -0.2) is 18.4 Å². The molecule has 156 valence electrons. The summed E-state index contributed by atoms with van der Waals surface area (Å²) < 4.78 is 30.0. The van der Waals surface area contributed by atoms with Crippen LogP contribution < -0.4 is 9.62 Å². The predicted molar refractivity (Wildman–Crippen MR) is 116 cm³/mol. The van der Waals surface area contributed by atoms with Gasteiger partial charge >= 0.3 is 0 Å². The van der Waals surface area contributed by atoms with Crippen molar-refractivity contribution in [3.8, 4) is 0 Å². The molecular weight excluding hydrogens is 388 g/mol. The van der Waals surface area contributed by atoms with Gasteiger partial charge < -0.3 is 4.90 Å². The Morgan fingerprint density at radius 2 is 1.66 bits per heavy atom. The Bertz CT molecular complexity index is 1090. The third-order valence-electron chi connectivity index (χ3n) is 5.15. The zero-order valence-corrected chi connectivity index (χ0v) is 18.3. The summed E-state index contributed by atoms with van der Waals surface area (Å²) >= 11 is 0. The molecule has 1 N–H and O–H groups in total. The van der Waals surface area contributed by atoms with Crippen molar-refractivity contribution in [2.45, 2.75) is 57.5 Å². The summed E-state index contributed by atoms with van der Waals surface area (Å²) in [5, 5.41) is 3.97. The predicted octanol–water partition coefficient (Wildman–Crippen LogP) is 3.57. The lowest BCUT2D eigenvalue weighted by molar-refractivity contribution is 0.522. The first-order chi connectivity index (χ1) is 13.8. The highest BCUT2D eigenvalue weighted by Gasteiger charge is 2.27. The van der Waals surface area contributed by atoms with E-state index >= 15 is 0 Å². The summed E-state index contributed by atoms with van der Waals surface area (Å²) in [4.78, 5) is 11.7. The minimum Gasteiger partial charge on any atom is -0.348 e. The van der Waals surface area contributed by atoms with Crippen molar-refractivity contribution in [3.63, 3.8) is 0 Å². The Hall–Kier alpha value is -2.68. The number of para-hydroxylation sites is 2. The van der Waals surface area contributed by atoms with Gasteiger partial charge in [0.15, 0.2) is 11.6 Å². The lowest BCUT2D eigenvalue weighted by atomic mass is 10.1. The van der Waals surface area contributed by atoms with Crippen LogP contribution in [0.3, 0.4) is 0 Å². The van der Waals surface area contributed by atoms with Crippen LogP contribution in [0.2, 0.25) is 0 Å². The lowest BCUT2D eigenvalue weighted by Gasteiger charge is -2.36. The van der Waals surface area contributed by atoms with Crippen LogP contribution in [0.1, 0.15) is 40.5 Å². The molecule has 9 heteroatoms. The van der Waals surface area contributed by atoms with Crippen LogP contribution >= 0.6 is 0 Å². The Morgan fingerprint density at radius 3 is 2.17 bits per heavy atom. The van der Waals surface area contributed by atoms with Crippen LogP contribution in [0.5, 0.6) is 0 Å². The molecule has 2 unspecified atom stereocenters. The summed E-state index contributed by atoms with van der Waals surface area (Å²) in [7, 11) is -2.17. The fourth-order valence-corrected chi connectivity index (χ4v) is 4.19. The molecule has 0 amide bonds. The molecule has 3 aromatic rings. The average molecular weight is 417 g/mol. The topological polar surface area (TPSA) is 93.0 Å². The highest BCUT2D eigenvalue weighted by atomic mass is 32.2. The Labute approximate surface area is 172 Å². The molecule has 0 radical (unpaired) electrons. The maximum atomic E-state index is 13.0. The van der Waals surface area contributed by atoms with E-state index in [1.165, 1.54) is 17.1 Å². The maximum absolute atomic E-state index is 13.0. The van der Waals surface area contributed by atoms with Crippen molar-refractivity contribution in [3.05, 3.63) is 36.7 Å². The molecule has 0 aliphatic rings. The molecule has 0 bridgehead atoms. The molecule has 0 aliphatic carbocycles. The van der Waals surface area contributed by atoms with Crippen LogP contribution in [0.15, 0.2) is 41.6 Å². The third-order valence-corrected chi connectivity index (χ3v) is 6.44. The first kappa shape index (κ1) is 21.0. The van der Waals surface area contributed by atoms with E-state index in [0.29, 0.717) is 11.3 Å². The standard InChI is InChI=1S/C20H28N6O2S/c1-6-14(3)26(15(4)7-2)20-19(22-17-10-8-9-11-18(17)23-20)24-29(27,28)16-12-21-25(5)13-16/h8-15H,6-7H2,1-5H3,(H,22,24). The number of nitrogens with one attached hydrogen (secondary N) is 1. The summed E-state index contributed by atoms with van der Waals surface area (Å²) in [6, 6.07) is 7.81.